The largest absolute Gasteiger partial charge is 0.274 e. The van der Waals surface area contributed by atoms with Crippen molar-refractivity contribution < 1.29 is 18.1 Å². The van der Waals surface area contributed by atoms with E-state index >= 15 is 0 Å². The number of nitrogens with one attached hydrogen (secondary N) is 1. The summed E-state index contributed by atoms with van der Waals surface area (Å²) in [6, 6.07) is 5.28. The summed E-state index contributed by atoms with van der Waals surface area (Å²) in [5, 5.41) is 10.6. The smallest absolute Gasteiger partial charge is 0.269 e. The molecule has 1 N–H and O–H groups in total. The van der Waals surface area contributed by atoms with E-state index in [1.165, 1.54) is 24.3 Å². The molecule has 0 aliphatic heterocycles. The van der Waals surface area contributed by atoms with Gasteiger partial charge in [-0.05, 0) is 5.56 Å². The Morgan fingerprint density at radius 3 is 2.58 bits per heavy atom. The fourth-order valence-corrected chi connectivity index (χ4v) is 2.52. The van der Waals surface area contributed by atoms with Crippen LogP contribution in [-0.4, -0.2) is 19.2 Å². The number of carbonyl (C=O) groups is 1. The third-order valence-corrected chi connectivity index (χ3v) is 3.48. The highest BCUT2D eigenvalue weighted by Gasteiger charge is 2.18. The Morgan fingerprint density at radius 2 is 2.05 bits per heavy atom. The number of sulfonamides is 1. The van der Waals surface area contributed by atoms with Crippen LogP contribution in [0.25, 0.3) is 0 Å². The molecule has 1 aromatic carbocycles. The lowest BCUT2D eigenvalue weighted by Gasteiger charge is -2.08. The molecule has 0 aliphatic carbocycles. The fourth-order valence-electron chi connectivity index (χ4n) is 1.29. The number of hydrogen-bond acceptors (Lipinski definition) is 5. The predicted octanol–water partition coefficient (Wildman–Crippen LogP) is 1.20. The number of nitro benzene ring substituents is 1. The van der Waals surface area contributed by atoms with Crippen LogP contribution in [0.3, 0.4) is 0 Å². The van der Waals surface area contributed by atoms with Gasteiger partial charge in [0.25, 0.3) is 5.69 Å². The van der Waals surface area contributed by atoms with Gasteiger partial charge in [-0.1, -0.05) is 26.0 Å². The maximum absolute atomic E-state index is 11.7. The molecule has 0 saturated heterocycles. The van der Waals surface area contributed by atoms with E-state index in [-0.39, 0.29) is 11.3 Å². The minimum Gasteiger partial charge on any atom is -0.274 e. The van der Waals surface area contributed by atoms with Crippen LogP contribution in [0.1, 0.15) is 19.4 Å². The Hall–Kier alpha value is -1.96. The Bertz CT molecular complexity index is 595. The van der Waals surface area contributed by atoms with Gasteiger partial charge < -0.3 is 0 Å². The van der Waals surface area contributed by atoms with Crippen molar-refractivity contribution in [2.75, 3.05) is 0 Å². The van der Waals surface area contributed by atoms with Gasteiger partial charge in [0.15, 0.2) is 0 Å². The molecule has 1 rings (SSSR count). The average Bonchev–Trinajstić information content (AvgIpc) is 2.27. The summed E-state index contributed by atoms with van der Waals surface area (Å²) in [7, 11) is -3.84. The highest BCUT2D eigenvalue weighted by molar-refractivity contribution is 7.89. The SMILES string of the molecule is CC(C)C(=O)NS(=O)(=O)Cc1cccc([N+](=O)[O-])c1. The lowest BCUT2D eigenvalue weighted by atomic mass is 10.2. The fraction of sp³-hybridized carbons (Fsp3) is 0.364. The molecular weight excluding hydrogens is 272 g/mol. The molecule has 19 heavy (non-hydrogen) atoms. The minimum absolute atomic E-state index is 0.192. The van der Waals surface area contributed by atoms with Gasteiger partial charge in [-0.15, -0.1) is 0 Å². The lowest BCUT2D eigenvalue weighted by molar-refractivity contribution is -0.384. The van der Waals surface area contributed by atoms with Crippen molar-refractivity contribution in [3.63, 3.8) is 0 Å². The molecule has 1 amide bonds. The number of benzene rings is 1. The van der Waals surface area contributed by atoms with E-state index in [1.54, 1.807) is 13.8 Å². The lowest BCUT2D eigenvalue weighted by Crippen LogP contribution is -2.34. The molecule has 0 fully saturated rings. The van der Waals surface area contributed by atoms with Crippen molar-refractivity contribution in [1.82, 2.24) is 4.72 Å². The summed E-state index contributed by atoms with van der Waals surface area (Å²) in [5.74, 6) is -1.54. The second-order valence-electron chi connectivity index (χ2n) is 4.31. The highest BCUT2D eigenvalue weighted by atomic mass is 32.2. The van der Waals surface area contributed by atoms with Crippen molar-refractivity contribution in [3.05, 3.63) is 39.9 Å². The van der Waals surface area contributed by atoms with E-state index in [9.17, 15) is 23.3 Å². The van der Waals surface area contributed by atoms with E-state index in [0.717, 1.165) is 0 Å². The summed E-state index contributed by atoms with van der Waals surface area (Å²) in [6.45, 7) is 3.14. The highest BCUT2D eigenvalue weighted by Crippen LogP contribution is 2.15. The van der Waals surface area contributed by atoms with Crippen molar-refractivity contribution in [3.8, 4) is 0 Å². The van der Waals surface area contributed by atoms with Gasteiger partial charge in [-0.3, -0.25) is 19.6 Å². The van der Waals surface area contributed by atoms with Crippen LogP contribution in [0.15, 0.2) is 24.3 Å². The Labute approximate surface area is 110 Å². The molecule has 0 atom stereocenters. The van der Waals surface area contributed by atoms with E-state index in [1.807, 2.05) is 4.72 Å². The first kappa shape index (κ1) is 15.1. The van der Waals surface area contributed by atoms with Crippen molar-refractivity contribution in [2.24, 2.45) is 5.92 Å². The first-order valence-corrected chi connectivity index (χ1v) is 7.14. The zero-order valence-electron chi connectivity index (χ0n) is 10.5. The molecule has 0 heterocycles. The molecule has 1 aromatic rings. The van der Waals surface area contributed by atoms with Gasteiger partial charge in [0.1, 0.15) is 0 Å². The molecule has 0 saturated carbocycles. The summed E-state index contributed by atoms with van der Waals surface area (Å²) in [6.07, 6.45) is 0. The van der Waals surface area contributed by atoms with Crippen LogP contribution >= 0.6 is 0 Å². The molecule has 0 unspecified atom stereocenters. The number of rotatable bonds is 5. The molecule has 8 heteroatoms. The van der Waals surface area contributed by atoms with Gasteiger partial charge in [0, 0.05) is 18.1 Å². The van der Waals surface area contributed by atoms with Crippen LogP contribution < -0.4 is 4.72 Å². The van der Waals surface area contributed by atoms with Gasteiger partial charge in [-0.25, -0.2) is 8.42 Å². The van der Waals surface area contributed by atoms with Crippen LogP contribution in [-0.2, 0) is 20.6 Å². The predicted molar refractivity (Wildman–Crippen MR) is 68.7 cm³/mol. The monoisotopic (exact) mass is 286 g/mol. The molecular formula is C11H14N2O5S. The first-order chi connectivity index (χ1) is 8.71. The topological polar surface area (TPSA) is 106 Å². The van der Waals surface area contributed by atoms with Gasteiger partial charge in [-0.2, -0.15) is 0 Å². The Morgan fingerprint density at radius 1 is 1.42 bits per heavy atom. The standard InChI is InChI=1S/C11H14N2O5S/c1-8(2)11(14)12-19(17,18)7-9-4-3-5-10(6-9)13(15)16/h3-6,8H,7H2,1-2H3,(H,12,14). The third-order valence-electron chi connectivity index (χ3n) is 2.26. The van der Waals surface area contributed by atoms with E-state index in [4.69, 9.17) is 0 Å². The number of carbonyl (C=O) groups excluding carboxylic acids is 1. The van der Waals surface area contributed by atoms with Crippen molar-refractivity contribution >= 4 is 21.6 Å². The summed E-state index contributed by atoms with van der Waals surface area (Å²) in [4.78, 5) is 21.3. The van der Waals surface area contributed by atoms with Crippen molar-refractivity contribution in [1.29, 1.82) is 0 Å². The number of nitrogens with zero attached hydrogens (tertiary/aromatic N) is 1. The van der Waals surface area contributed by atoms with Gasteiger partial charge in [0.05, 0.1) is 10.7 Å². The summed E-state index contributed by atoms with van der Waals surface area (Å²) < 4.78 is 25.3. The third kappa shape index (κ3) is 4.66. The molecule has 0 aliphatic rings. The second-order valence-corrected chi connectivity index (χ2v) is 6.03. The number of nitro groups is 1. The second kappa shape index (κ2) is 5.79. The van der Waals surface area contributed by atoms with Gasteiger partial charge >= 0.3 is 0 Å². The molecule has 0 aromatic heterocycles. The molecule has 0 spiro atoms. The quantitative estimate of drug-likeness (QED) is 0.646. The number of non-ortho nitro benzene ring substituents is 1. The van der Waals surface area contributed by atoms with Crippen LogP contribution in [0.4, 0.5) is 5.69 Å². The zero-order chi connectivity index (χ0) is 14.6. The number of amides is 1. The van der Waals surface area contributed by atoms with Gasteiger partial charge in [0.2, 0.25) is 15.9 Å². The Kier molecular flexibility index (Phi) is 4.60. The molecule has 104 valence electrons. The normalized spacial score (nSPS) is 11.3. The molecule has 0 radical (unpaired) electrons. The molecule has 0 bridgehead atoms. The van der Waals surface area contributed by atoms with E-state index < -0.39 is 32.5 Å². The van der Waals surface area contributed by atoms with Crippen LogP contribution in [0.2, 0.25) is 0 Å². The zero-order valence-corrected chi connectivity index (χ0v) is 11.3. The number of hydrogen-bond donors (Lipinski definition) is 1. The minimum atomic E-state index is -3.84. The Balaban J connectivity index is 2.87. The van der Waals surface area contributed by atoms with Crippen molar-refractivity contribution in [2.45, 2.75) is 19.6 Å². The maximum Gasteiger partial charge on any atom is 0.269 e. The summed E-state index contributed by atoms with van der Waals surface area (Å²) >= 11 is 0. The average molecular weight is 286 g/mol. The van der Waals surface area contributed by atoms with E-state index in [2.05, 4.69) is 0 Å². The summed E-state index contributed by atoms with van der Waals surface area (Å²) in [5.41, 5.74) is 0.0566. The first-order valence-electron chi connectivity index (χ1n) is 5.49. The maximum atomic E-state index is 11.7. The van der Waals surface area contributed by atoms with E-state index in [0.29, 0.717) is 0 Å². The molecule has 7 nitrogen and oxygen atoms in total. The van der Waals surface area contributed by atoms with Crippen LogP contribution in [0.5, 0.6) is 0 Å². The van der Waals surface area contributed by atoms with Crippen LogP contribution in [0, 0.1) is 16.0 Å².